The normalized spacial score (nSPS) is 9.68. The van der Waals surface area contributed by atoms with E-state index >= 15 is 0 Å². The summed E-state index contributed by atoms with van der Waals surface area (Å²) < 4.78 is 9.54. The molecule has 1 aromatic carbocycles. The van der Waals surface area contributed by atoms with E-state index in [9.17, 15) is 4.79 Å². The van der Waals surface area contributed by atoms with Crippen molar-refractivity contribution in [2.45, 2.75) is 13.5 Å². The van der Waals surface area contributed by atoms with Crippen molar-refractivity contribution >= 4 is 22.4 Å². The molecule has 5 nitrogen and oxygen atoms in total. The minimum atomic E-state index is -0.241. The molecule has 1 aromatic heterocycles. The Morgan fingerprint density at radius 2 is 2.21 bits per heavy atom. The number of hydrogen-bond donors (Lipinski definition) is 1. The molecule has 0 aliphatic heterocycles. The number of nitriles is 1. The lowest BCUT2D eigenvalue weighted by atomic mass is 10.2. The van der Waals surface area contributed by atoms with Crippen LogP contribution in [-0.4, -0.2) is 10.3 Å². The first-order chi connectivity index (χ1) is 9.20. The molecule has 0 spiro atoms. The minimum Gasteiger partial charge on any atom is -0.471 e. The molecule has 96 valence electrons. The Bertz CT molecular complexity index is 617. The Morgan fingerprint density at radius 3 is 2.84 bits per heavy atom. The highest BCUT2D eigenvalue weighted by Gasteiger charge is 2.15. The average Bonchev–Trinajstić information content (AvgIpc) is 2.78. The first kappa shape index (κ1) is 13.1. The van der Waals surface area contributed by atoms with Crippen LogP contribution in [0.15, 0.2) is 30.3 Å². The van der Waals surface area contributed by atoms with Crippen LogP contribution >= 0.6 is 11.5 Å². The topological polar surface area (TPSA) is 75.0 Å². The second-order valence-electron chi connectivity index (χ2n) is 3.76. The fourth-order valence-electron chi connectivity index (χ4n) is 1.44. The molecule has 0 bridgehead atoms. The zero-order valence-corrected chi connectivity index (χ0v) is 11.0. The molecule has 0 saturated carbocycles. The molecule has 0 fully saturated rings. The van der Waals surface area contributed by atoms with Gasteiger partial charge in [-0.3, -0.25) is 4.79 Å². The average molecular weight is 273 g/mol. The lowest BCUT2D eigenvalue weighted by molar-refractivity contribution is -0.114. The van der Waals surface area contributed by atoms with E-state index in [1.807, 2.05) is 36.4 Å². The predicted molar refractivity (Wildman–Crippen MR) is 71.9 cm³/mol. The number of rotatable bonds is 4. The highest BCUT2D eigenvalue weighted by Crippen LogP contribution is 2.30. The molecular formula is C13H11N3O2S. The second kappa shape index (κ2) is 5.98. The summed E-state index contributed by atoms with van der Waals surface area (Å²) in [6.07, 6.45) is 0. The molecule has 0 aliphatic rings. The number of hydrogen-bond acceptors (Lipinski definition) is 5. The zero-order valence-electron chi connectivity index (χ0n) is 10.2. The lowest BCUT2D eigenvalue weighted by Crippen LogP contribution is -2.05. The molecule has 2 rings (SSSR count). The van der Waals surface area contributed by atoms with Gasteiger partial charge in [0.1, 0.15) is 17.7 Å². The van der Waals surface area contributed by atoms with Gasteiger partial charge in [0.15, 0.2) is 5.56 Å². The summed E-state index contributed by atoms with van der Waals surface area (Å²) in [4.78, 5) is 11.0. The van der Waals surface area contributed by atoms with Crippen molar-refractivity contribution in [2.75, 3.05) is 5.32 Å². The molecule has 6 heteroatoms. The van der Waals surface area contributed by atoms with Gasteiger partial charge in [0.2, 0.25) is 11.8 Å². The first-order valence-electron chi connectivity index (χ1n) is 5.55. The van der Waals surface area contributed by atoms with Gasteiger partial charge in [0.25, 0.3) is 0 Å². The molecule has 1 N–H and O–H groups in total. The van der Waals surface area contributed by atoms with Gasteiger partial charge in [-0.15, -0.1) is 0 Å². The third kappa shape index (κ3) is 3.30. The maximum absolute atomic E-state index is 11.0. The van der Waals surface area contributed by atoms with E-state index in [1.54, 1.807) is 0 Å². The third-order valence-electron chi connectivity index (χ3n) is 2.28. The zero-order chi connectivity index (χ0) is 13.7. The van der Waals surface area contributed by atoms with Crippen molar-refractivity contribution in [2.24, 2.45) is 0 Å². The van der Waals surface area contributed by atoms with Crippen molar-refractivity contribution < 1.29 is 9.53 Å². The Balaban J connectivity index is 2.11. The van der Waals surface area contributed by atoms with Crippen molar-refractivity contribution in [3.8, 4) is 11.9 Å². The van der Waals surface area contributed by atoms with Gasteiger partial charge in [-0.1, -0.05) is 30.3 Å². The first-order valence-corrected chi connectivity index (χ1v) is 6.32. The Kier molecular flexibility index (Phi) is 4.11. The maximum Gasteiger partial charge on any atom is 0.246 e. The number of anilines is 1. The lowest BCUT2D eigenvalue weighted by Gasteiger charge is -2.03. The summed E-state index contributed by atoms with van der Waals surface area (Å²) in [7, 11) is 0. The van der Waals surface area contributed by atoms with Gasteiger partial charge in [-0.05, 0) is 17.1 Å². The van der Waals surface area contributed by atoms with Gasteiger partial charge in [-0.2, -0.15) is 9.64 Å². The maximum atomic E-state index is 11.0. The van der Waals surface area contributed by atoms with Crippen LogP contribution in [-0.2, 0) is 11.4 Å². The van der Waals surface area contributed by atoms with Crippen LogP contribution in [0.5, 0.6) is 5.88 Å². The Labute approximate surface area is 114 Å². The molecule has 0 saturated heterocycles. The van der Waals surface area contributed by atoms with Crippen molar-refractivity contribution in [1.82, 2.24) is 4.37 Å². The van der Waals surface area contributed by atoms with Gasteiger partial charge < -0.3 is 10.1 Å². The molecule has 2 aromatic rings. The van der Waals surface area contributed by atoms with Crippen LogP contribution in [0.25, 0.3) is 0 Å². The number of ether oxygens (including phenoxy) is 1. The number of benzene rings is 1. The summed E-state index contributed by atoms with van der Waals surface area (Å²) in [5.74, 6) is 0.00913. The Morgan fingerprint density at radius 1 is 1.47 bits per heavy atom. The van der Waals surface area contributed by atoms with E-state index in [0.717, 1.165) is 17.1 Å². The quantitative estimate of drug-likeness (QED) is 0.928. The van der Waals surface area contributed by atoms with E-state index in [1.165, 1.54) is 6.92 Å². The molecular weight excluding hydrogens is 262 g/mol. The number of carbonyl (C=O) groups is 1. The van der Waals surface area contributed by atoms with E-state index in [4.69, 9.17) is 10.00 Å². The van der Waals surface area contributed by atoms with E-state index in [2.05, 4.69) is 9.69 Å². The van der Waals surface area contributed by atoms with Gasteiger partial charge in [0.05, 0.1) is 0 Å². The Hall–Kier alpha value is -2.39. The largest absolute Gasteiger partial charge is 0.471 e. The summed E-state index contributed by atoms with van der Waals surface area (Å²) >= 11 is 1.03. The summed E-state index contributed by atoms with van der Waals surface area (Å²) in [5, 5.41) is 12.1. The number of carbonyl (C=O) groups excluding carboxylic acids is 1. The SMILES string of the molecule is CC(=O)Nc1snc(OCc2ccccc2)c1C#N. The summed E-state index contributed by atoms with van der Waals surface area (Å²) in [6, 6.07) is 11.6. The van der Waals surface area contributed by atoms with E-state index < -0.39 is 0 Å². The van der Waals surface area contributed by atoms with E-state index in [0.29, 0.717) is 11.6 Å². The highest BCUT2D eigenvalue weighted by atomic mass is 32.1. The predicted octanol–water partition coefficient (Wildman–Crippen LogP) is 2.55. The molecule has 0 radical (unpaired) electrons. The number of nitrogens with one attached hydrogen (secondary N) is 1. The highest BCUT2D eigenvalue weighted by molar-refractivity contribution is 7.10. The van der Waals surface area contributed by atoms with Gasteiger partial charge in [0, 0.05) is 6.92 Å². The summed E-state index contributed by atoms with van der Waals surface area (Å²) in [5.41, 5.74) is 1.25. The summed E-state index contributed by atoms with van der Waals surface area (Å²) in [6.45, 7) is 1.71. The van der Waals surface area contributed by atoms with Crippen molar-refractivity contribution in [3.63, 3.8) is 0 Å². The van der Waals surface area contributed by atoms with Gasteiger partial charge in [-0.25, -0.2) is 0 Å². The standard InChI is InChI=1S/C13H11N3O2S/c1-9(17)15-13-11(7-14)12(16-19-13)18-8-10-5-3-2-4-6-10/h2-6H,8H2,1H3,(H,15,17). The van der Waals surface area contributed by atoms with Crippen molar-refractivity contribution in [3.05, 3.63) is 41.5 Å². The molecule has 19 heavy (non-hydrogen) atoms. The van der Waals surface area contributed by atoms with Crippen LogP contribution in [0.3, 0.4) is 0 Å². The number of aromatic nitrogens is 1. The molecule has 0 aliphatic carbocycles. The van der Waals surface area contributed by atoms with E-state index in [-0.39, 0.29) is 17.4 Å². The molecule has 0 atom stereocenters. The van der Waals surface area contributed by atoms with Crippen LogP contribution in [0.1, 0.15) is 18.1 Å². The molecule has 1 amide bonds. The fourth-order valence-corrected chi connectivity index (χ4v) is 2.18. The fraction of sp³-hybridized carbons (Fsp3) is 0.154. The number of nitrogens with zero attached hydrogens (tertiary/aromatic N) is 2. The number of amides is 1. The minimum absolute atomic E-state index is 0.241. The van der Waals surface area contributed by atoms with Gasteiger partial charge >= 0.3 is 0 Å². The van der Waals surface area contributed by atoms with Crippen LogP contribution in [0, 0.1) is 11.3 Å². The van der Waals surface area contributed by atoms with Crippen molar-refractivity contribution in [1.29, 1.82) is 5.26 Å². The third-order valence-corrected chi connectivity index (χ3v) is 3.03. The second-order valence-corrected chi connectivity index (χ2v) is 4.53. The van der Waals surface area contributed by atoms with Crippen LogP contribution < -0.4 is 10.1 Å². The van der Waals surface area contributed by atoms with Crippen LogP contribution in [0.4, 0.5) is 5.00 Å². The monoisotopic (exact) mass is 273 g/mol. The van der Waals surface area contributed by atoms with Crippen LogP contribution in [0.2, 0.25) is 0 Å². The molecule has 1 heterocycles. The molecule has 0 unspecified atom stereocenters. The smallest absolute Gasteiger partial charge is 0.246 e.